The highest BCUT2D eigenvalue weighted by Gasteiger charge is 2.35. The van der Waals surface area contributed by atoms with Gasteiger partial charge in [0.2, 0.25) is 12.1 Å². The third-order valence-corrected chi connectivity index (χ3v) is 1.81. The second-order valence-electron chi connectivity index (χ2n) is 3.02. The number of carbonyl (C=O) groups excluding carboxylic acids is 3. The van der Waals surface area contributed by atoms with Crippen LogP contribution >= 0.6 is 0 Å². The van der Waals surface area contributed by atoms with Crippen molar-refractivity contribution in [3.8, 4) is 0 Å². The number of Topliss-reactive ketones (excluding diaryl/α,β-unsaturated/α-hetero) is 1. The molecule has 0 aromatic rings. The van der Waals surface area contributed by atoms with E-state index in [4.69, 9.17) is 0 Å². The van der Waals surface area contributed by atoms with Crippen molar-refractivity contribution in [2.75, 3.05) is 13.2 Å². The predicted molar refractivity (Wildman–Crippen MR) is 44.0 cm³/mol. The molecular formula is C8H11NO5. The smallest absolute Gasteiger partial charge is 0.356 e. The van der Waals surface area contributed by atoms with Crippen LogP contribution in [-0.4, -0.2) is 47.0 Å². The zero-order valence-electron chi connectivity index (χ0n) is 7.73. The molecule has 1 rings (SSSR count). The molecule has 0 aliphatic carbocycles. The van der Waals surface area contributed by atoms with Crippen LogP contribution in [0.3, 0.4) is 0 Å². The van der Waals surface area contributed by atoms with Gasteiger partial charge >= 0.3 is 5.97 Å². The quantitative estimate of drug-likeness (QED) is 0.450. The Morgan fingerprint density at radius 1 is 1.64 bits per heavy atom. The molecule has 6 heteroatoms. The van der Waals surface area contributed by atoms with Gasteiger partial charge in [0.05, 0.1) is 0 Å². The molecule has 0 aromatic heterocycles. The summed E-state index contributed by atoms with van der Waals surface area (Å²) in [5.74, 6) is -1.58. The number of amides is 1. The number of aliphatic hydroxyl groups is 1. The molecule has 1 aliphatic rings. The molecule has 1 aliphatic heterocycles. The molecule has 0 radical (unpaired) electrons. The van der Waals surface area contributed by atoms with Crippen molar-refractivity contribution >= 4 is 17.7 Å². The average Bonchev–Trinajstić information content (AvgIpc) is 2.11. The molecule has 14 heavy (non-hydrogen) atoms. The highest BCUT2D eigenvalue weighted by Crippen LogP contribution is 2.12. The molecule has 1 N–H and O–H groups in total. The summed E-state index contributed by atoms with van der Waals surface area (Å²) >= 11 is 0. The number of ketones is 1. The Kier molecular flexibility index (Phi) is 3.19. The first-order valence-corrected chi connectivity index (χ1v) is 4.16. The van der Waals surface area contributed by atoms with Gasteiger partial charge in [-0.2, -0.15) is 0 Å². The number of likely N-dealkylation sites (tertiary alicyclic amines) is 1. The van der Waals surface area contributed by atoms with Gasteiger partial charge in [-0.15, -0.1) is 0 Å². The van der Waals surface area contributed by atoms with Crippen LogP contribution in [0.15, 0.2) is 0 Å². The highest BCUT2D eigenvalue weighted by atomic mass is 16.6. The molecule has 0 bridgehead atoms. The Hall–Kier alpha value is -1.43. The Labute approximate surface area is 80.4 Å². The fourth-order valence-corrected chi connectivity index (χ4v) is 0.965. The van der Waals surface area contributed by atoms with Gasteiger partial charge < -0.3 is 14.7 Å². The summed E-state index contributed by atoms with van der Waals surface area (Å²) in [6.45, 7) is 1.22. The monoisotopic (exact) mass is 201 g/mol. The number of aliphatic hydroxyl groups excluding tert-OH is 1. The fraction of sp³-hybridized carbons (Fsp3) is 0.625. The molecule has 0 spiro atoms. The van der Waals surface area contributed by atoms with Crippen LogP contribution in [0.1, 0.15) is 13.3 Å². The molecule has 1 atom stereocenters. The van der Waals surface area contributed by atoms with Crippen LogP contribution in [0.5, 0.6) is 0 Å². The van der Waals surface area contributed by atoms with E-state index >= 15 is 0 Å². The van der Waals surface area contributed by atoms with Crippen LogP contribution in [0, 0.1) is 0 Å². The maximum Gasteiger partial charge on any atom is 0.356 e. The lowest BCUT2D eigenvalue weighted by Gasteiger charge is -2.33. The van der Waals surface area contributed by atoms with E-state index in [0.29, 0.717) is 13.0 Å². The lowest BCUT2D eigenvalue weighted by molar-refractivity contribution is -0.177. The molecule has 1 saturated heterocycles. The zero-order valence-corrected chi connectivity index (χ0v) is 7.73. The Morgan fingerprint density at radius 3 is 2.64 bits per heavy atom. The normalized spacial score (nSPS) is 17.3. The topological polar surface area (TPSA) is 83.9 Å². The van der Waals surface area contributed by atoms with Gasteiger partial charge in [-0.25, -0.2) is 4.79 Å². The van der Waals surface area contributed by atoms with Gasteiger partial charge in [-0.3, -0.25) is 9.59 Å². The summed E-state index contributed by atoms with van der Waals surface area (Å²) in [5, 5.41) is 9.24. The minimum Gasteiger partial charge on any atom is -0.454 e. The number of hydrogen-bond donors (Lipinski definition) is 1. The maximum absolute atomic E-state index is 11.0. The second-order valence-corrected chi connectivity index (χ2v) is 3.02. The molecule has 78 valence electrons. The first-order valence-electron chi connectivity index (χ1n) is 4.16. The van der Waals surface area contributed by atoms with Crippen LogP contribution in [-0.2, 0) is 19.1 Å². The summed E-state index contributed by atoms with van der Waals surface area (Å²) in [7, 11) is 0. The minimum atomic E-state index is -1.57. The first-order chi connectivity index (χ1) is 6.52. The summed E-state index contributed by atoms with van der Waals surface area (Å²) < 4.78 is 4.44. The van der Waals surface area contributed by atoms with Crippen molar-refractivity contribution in [3.63, 3.8) is 0 Å². The van der Waals surface area contributed by atoms with E-state index in [-0.39, 0.29) is 18.3 Å². The van der Waals surface area contributed by atoms with Crippen LogP contribution < -0.4 is 0 Å². The van der Waals surface area contributed by atoms with E-state index in [1.807, 2.05) is 0 Å². The zero-order chi connectivity index (χ0) is 10.7. The van der Waals surface area contributed by atoms with E-state index < -0.39 is 12.2 Å². The number of carbonyl (C=O) groups is 3. The van der Waals surface area contributed by atoms with E-state index in [0.717, 1.165) is 4.90 Å². The van der Waals surface area contributed by atoms with E-state index in [9.17, 15) is 19.5 Å². The molecule has 1 amide bonds. The summed E-state index contributed by atoms with van der Waals surface area (Å²) in [4.78, 5) is 33.3. The van der Waals surface area contributed by atoms with Crippen LogP contribution in [0.4, 0.5) is 0 Å². The molecular weight excluding hydrogens is 190 g/mol. The summed E-state index contributed by atoms with van der Waals surface area (Å²) in [6, 6.07) is 0. The van der Waals surface area contributed by atoms with Gasteiger partial charge in [0.1, 0.15) is 6.61 Å². The van der Waals surface area contributed by atoms with Crippen LogP contribution in [0.25, 0.3) is 0 Å². The molecule has 6 nitrogen and oxygen atoms in total. The molecule has 1 fully saturated rings. The maximum atomic E-state index is 11.0. The lowest BCUT2D eigenvalue weighted by Crippen LogP contribution is -2.53. The SMILES string of the molecule is CC(=O)COC(=O)C(O)N1CCC1=O. The van der Waals surface area contributed by atoms with E-state index in [2.05, 4.69) is 4.74 Å². The first kappa shape index (κ1) is 10.6. The summed E-state index contributed by atoms with van der Waals surface area (Å²) in [5.41, 5.74) is 0. The van der Waals surface area contributed by atoms with Crippen LogP contribution in [0.2, 0.25) is 0 Å². The molecule has 1 heterocycles. The Morgan fingerprint density at radius 2 is 2.29 bits per heavy atom. The standard InChI is InChI=1S/C8H11NO5/c1-5(10)4-14-8(13)7(12)9-3-2-6(9)11/h7,12H,2-4H2,1H3. The average molecular weight is 201 g/mol. The number of nitrogens with zero attached hydrogens (tertiary/aromatic N) is 1. The van der Waals surface area contributed by atoms with Gasteiger partial charge in [-0.05, 0) is 6.92 Å². The highest BCUT2D eigenvalue weighted by molar-refractivity contribution is 5.88. The van der Waals surface area contributed by atoms with Gasteiger partial charge in [0.25, 0.3) is 0 Å². The molecule has 0 saturated carbocycles. The number of hydrogen-bond acceptors (Lipinski definition) is 5. The van der Waals surface area contributed by atoms with Crippen molar-refractivity contribution in [1.82, 2.24) is 4.90 Å². The fourth-order valence-electron chi connectivity index (χ4n) is 0.965. The summed E-state index contributed by atoms with van der Waals surface area (Å²) in [6.07, 6.45) is -1.24. The predicted octanol–water partition coefficient (Wildman–Crippen LogP) is -1.33. The third-order valence-electron chi connectivity index (χ3n) is 1.81. The number of esters is 1. The van der Waals surface area contributed by atoms with Gasteiger partial charge in [-0.1, -0.05) is 0 Å². The molecule has 1 unspecified atom stereocenters. The molecule has 0 aromatic carbocycles. The lowest BCUT2D eigenvalue weighted by atomic mass is 10.2. The van der Waals surface area contributed by atoms with E-state index in [1.165, 1.54) is 6.92 Å². The number of ether oxygens (including phenoxy) is 1. The number of rotatable bonds is 4. The third kappa shape index (κ3) is 2.29. The largest absolute Gasteiger partial charge is 0.454 e. The van der Waals surface area contributed by atoms with Gasteiger partial charge in [0, 0.05) is 13.0 Å². The number of β-lactam (4-membered cyclic amide) rings is 1. The Balaban J connectivity index is 2.36. The van der Waals surface area contributed by atoms with Crippen molar-refractivity contribution in [3.05, 3.63) is 0 Å². The van der Waals surface area contributed by atoms with Crippen molar-refractivity contribution in [2.24, 2.45) is 0 Å². The minimum absolute atomic E-state index is 0.294. The Bertz CT molecular complexity index is 275. The van der Waals surface area contributed by atoms with Crippen molar-refractivity contribution < 1.29 is 24.2 Å². The van der Waals surface area contributed by atoms with E-state index in [1.54, 1.807) is 0 Å². The van der Waals surface area contributed by atoms with Crippen molar-refractivity contribution in [2.45, 2.75) is 19.6 Å². The van der Waals surface area contributed by atoms with Gasteiger partial charge in [0.15, 0.2) is 5.78 Å². The van der Waals surface area contributed by atoms with Crippen molar-refractivity contribution in [1.29, 1.82) is 0 Å². The second kappa shape index (κ2) is 4.19.